The summed E-state index contributed by atoms with van der Waals surface area (Å²) >= 11 is 1.43. The summed E-state index contributed by atoms with van der Waals surface area (Å²) in [6.07, 6.45) is 4.08. The Kier molecular flexibility index (Phi) is 5.10. The van der Waals surface area contributed by atoms with Gasteiger partial charge in [0.05, 0.1) is 4.90 Å². The van der Waals surface area contributed by atoms with Gasteiger partial charge in [0.2, 0.25) is 10.0 Å². The maximum Gasteiger partial charge on any atom is 0.243 e. The molecule has 0 bridgehead atoms. The lowest BCUT2D eigenvalue weighted by molar-refractivity contribution is 0.472. The number of hydrogen-bond acceptors (Lipinski definition) is 5. The average Bonchev–Trinajstić information content (AvgIpc) is 2.87. The molecule has 7 heteroatoms. The van der Waals surface area contributed by atoms with Gasteiger partial charge >= 0.3 is 0 Å². The summed E-state index contributed by atoms with van der Waals surface area (Å²) in [5, 5.41) is 0. The summed E-state index contributed by atoms with van der Waals surface area (Å²) in [4.78, 5) is 5.98. The van der Waals surface area contributed by atoms with E-state index in [0.717, 1.165) is 15.3 Å². The van der Waals surface area contributed by atoms with Crippen LogP contribution in [0.3, 0.4) is 0 Å². The highest BCUT2D eigenvalue weighted by atomic mass is 32.2. The van der Waals surface area contributed by atoms with E-state index < -0.39 is 10.0 Å². The van der Waals surface area contributed by atoms with Gasteiger partial charge in [-0.2, -0.15) is 0 Å². The normalized spacial score (nSPS) is 12.0. The van der Waals surface area contributed by atoms with Crippen LogP contribution in [0.25, 0.3) is 0 Å². The van der Waals surface area contributed by atoms with Crippen molar-refractivity contribution in [3.63, 3.8) is 0 Å². The quantitative estimate of drug-likeness (QED) is 0.878. The number of rotatable bonds is 6. The van der Waals surface area contributed by atoms with Crippen LogP contribution in [-0.2, 0) is 23.0 Å². The Morgan fingerprint density at radius 3 is 2.57 bits per heavy atom. The van der Waals surface area contributed by atoms with E-state index in [4.69, 9.17) is 5.73 Å². The smallest absolute Gasteiger partial charge is 0.243 e. The minimum atomic E-state index is -3.46. The Morgan fingerprint density at radius 1 is 1.33 bits per heavy atom. The van der Waals surface area contributed by atoms with Crippen molar-refractivity contribution in [3.05, 3.63) is 45.9 Å². The lowest BCUT2D eigenvalue weighted by Crippen LogP contribution is -2.29. The van der Waals surface area contributed by atoms with Gasteiger partial charge in [0, 0.05) is 42.3 Å². The van der Waals surface area contributed by atoms with E-state index in [2.05, 4.69) is 4.98 Å². The fourth-order valence-corrected chi connectivity index (χ4v) is 4.66. The van der Waals surface area contributed by atoms with Gasteiger partial charge in [-0.25, -0.2) is 12.7 Å². The van der Waals surface area contributed by atoms with Crippen molar-refractivity contribution in [2.75, 3.05) is 13.6 Å². The molecular weight excluding hydrogens is 306 g/mol. The maximum absolute atomic E-state index is 12.6. The van der Waals surface area contributed by atoms with Crippen molar-refractivity contribution in [1.29, 1.82) is 0 Å². The summed E-state index contributed by atoms with van der Waals surface area (Å²) in [6.45, 7) is 2.61. The first-order chi connectivity index (χ1) is 9.95. The summed E-state index contributed by atoms with van der Waals surface area (Å²) < 4.78 is 26.6. The van der Waals surface area contributed by atoms with E-state index in [9.17, 15) is 8.42 Å². The average molecular weight is 325 g/mol. The lowest BCUT2D eigenvalue weighted by atomic mass is 10.2. The van der Waals surface area contributed by atoms with E-state index in [1.165, 1.54) is 15.6 Å². The Bertz CT molecular complexity index is 696. The first-order valence-corrected chi connectivity index (χ1v) is 8.85. The molecule has 0 spiro atoms. The predicted octanol–water partition coefficient (Wildman–Crippen LogP) is 1.77. The molecule has 2 aromatic rings. The van der Waals surface area contributed by atoms with E-state index in [1.807, 2.05) is 19.1 Å². The van der Waals surface area contributed by atoms with Crippen LogP contribution < -0.4 is 5.73 Å². The molecule has 114 valence electrons. The highest BCUT2D eigenvalue weighted by Crippen LogP contribution is 2.27. The number of pyridine rings is 1. The number of likely N-dealkylation sites (N-methyl/N-ethyl adjacent to an activating group) is 1. The monoisotopic (exact) mass is 325 g/mol. The van der Waals surface area contributed by atoms with Crippen LogP contribution in [0.4, 0.5) is 0 Å². The van der Waals surface area contributed by atoms with Crippen molar-refractivity contribution < 1.29 is 8.42 Å². The number of sulfonamides is 1. The lowest BCUT2D eigenvalue weighted by Gasteiger charge is -2.17. The zero-order valence-corrected chi connectivity index (χ0v) is 13.7. The Hall–Kier alpha value is -1.28. The zero-order chi connectivity index (χ0) is 15.5. The predicted molar refractivity (Wildman–Crippen MR) is 84.7 cm³/mol. The van der Waals surface area contributed by atoms with Crippen LogP contribution in [-0.4, -0.2) is 31.3 Å². The summed E-state index contributed by atoms with van der Waals surface area (Å²) in [5.74, 6) is 0. The van der Waals surface area contributed by atoms with Crippen molar-refractivity contribution in [3.8, 4) is 0 Å². The minimum absolute atomic E-state index is 0.363. The number of hydrogen-bond donors (Lipinski definition) is 1. The van der Waals surface area contributed by atoms with Gasteiger partial charge in [-0.15, -0.1) is 11.3 Å². The topological polar surface area (TPSA) is 76.3 Å². The van der Waals surface area contributed by atoms with Gasteiger partial charge in [0.1, 0.15) is 0 Å². The van der Waals surface area contributed by atoms with E-state index in [0.29, 0.717) is 24.4 Å². The summed E-state index contributed by atoms with van der Waals surface area (Å²) in [7, 11) is -1.85. The first kappa shape index (κ1) is 16.1. The SMILES string of the molecule is Cc1sc(CN)cc1S(=O)(=O)N(C)CCc1ccncc1. The molecule has 0 radical (unpaired) electrons. The van der Waals surface area contributed by atoms with E-state index >= 15 is 0 Å². The fourth-order valence-electron chi connectivity index (χ4n) is 2.01. The first-order valence-electron chi connectivity index (χ1n) is 6.59. The van der Waals surface area contributed by atoms with Gasteiger partial charge in [-0.1, -0.05) is 0 Å². The molecule has 2 heterocycles. The third-order valence-electron chi connectivity index (χ3n) is 3.28. The number of aryl methyl sites for hydroxylation is 1. The molecule has 0 aliphatic carbocycles. The molecule has 5 nitrogen and oxygen atoms in total. The largest absolute Gasteiger partial charge is 0.326 e. The molecule has 2 N–H and O–H groups in total. The van der Waals surface area contributed by atoms with Crippen LogP contribution in [0.2, 0.25) is 0 Å². The van der Waals surface area contributed by atoms with Crippen molar-refractivity contribution in [2.45, 2.75) is 24.8 Å². The van der Waals surface area contributed by atoms with Gasteiger partial charge in [-0.05, 0) is 37.1 Å². The standard InChI is InChI=1S/C14H19N3O2S2/c1-11-14(9-13(10-15)20-11)21(18,19)17(2)8-5-12-3-6-16-7-4-12/h3-4,6-7,9H,5,8,10,15H2,1-2H3. The second kappa shape index (κ2) is 6.65. The zero-order valence-electron chi connectivity index (χ0n) is 12.1. The van der Waals surface area contributed by atoms with Crippen molar-refractivity contribution in [2.24, 2.45) is 5.73 Å². The van der Waals surface area contributed by atoms with Crippen LogP contribution in [0.5, 0.6) is 0 Å². The molecule has 0 aliphatic heterocycles. The van der Waals surface area contributed by atoms with Gasteiger partial charge in [0.15, 0.2) is 0 Å². The molecule has 2 aromatic heterocycles. The molecule has 0 amide bonds. The Labute approximate surface area is 129 Å². The van der Waals surface area contributed by atoms with E-state index in [-0.39, 0.29) is 0 Å². The van der Waals surface area contributed by atoms with Crippen molar-refractivity contribution >= 4 is 21.4 Å². The number of nitrogens with zero attached hydrogens (tertiary/aromatic N) is 2. The highest BCUT2D eigenvalue weighted by molar-refractivity contribution is 7.89. The molecule has 2 rings (SSSR count). The summed E-state index contributed by atoms with van der Waals surface area (Å²) in [5.41, 5.74) is 6.65. The molecule has 21 heavy (non-hydrogen) atoms. The maximum atomic E-state index is 12.6. The molecule has 0 atom stereocenters. The summed E-state index contributed by atoms with van der Waals surface area (Å²) in [6, 6.07) is 5.46. The molecule has 0 saturated heterocycles. The number of aromatic nitrogens is 1. The third-order valence-corrected chi connectivity index (χ3v) is 6.46. The van der Waals surface area contributed by atoms with Crippen LogP contribution >= 0.6 is 11.3 Å². The molecule has 0 aromatic carbocycles. The molecule has 0 aliphatic rings. The van der Waals surface area contributed by atoms with E-state index in [1.54, 1.807) is 25.5 Å². The molecule has 0 fully saturated rings. The van der Waals surface area contributed by atoms with Crippen molar-refractivity contribution in [1.82, 2.24) is 9.29 Å². The molecule has 0 saturated carbocycles. The Morgan fingerprint density at radius 2 is 2.00 bits per heavy atom. The minimum Gasteiger partial charge on any atom is -0.326 e. The molecular formula is C14H19N3O2S2. The second-order valence-electron chi connectivity index (χ2n) is 4.77. The van der Waals surface area contributed by atoms with Crippen LogP contribution in [0, 0.1) is 6.92 Å². The highest BCUT2D eigenvalue weighted by Gasteiger charge is 2.24. The third kappa shape index (κ3) is 3.68. The van der Waals surface area contributed by atoms with Gasteiger partial charge in [-0.3, -0.25) is 4.98 Å². The van der Waals surface area contributed by atoms with Gasteiger partial charge < -0.3 is 5.73 Å². The van der Waals surface area contributed by atoms with Gasteiger partial charge in [0.25, 0.3) is 0 Å². The molecule has 0 unspecified atom stereocenters. The fraction of sp³-hybridized carbons (Fsp3) is 0.357. The van der Waals surface area contributed by atoms with Crippen LogP contribution in [0.15, 0.2) is 35.5 Å². The van der Waals surface area contributed by atoms with Crippen LogP contribution in [0.1, 0.15) is 15.3 Å². The number of thiophene rings is 1. The second-order valence-corrected chi connectivity index (χ2v) is 8.12. The number of nitrogens with two attached hydrogens (primary N) is 1. The Balaban J connectivity index is 2.13.